The minimum atomic E-state index is -0.0965. The summed E-state index contributed by atoms with van der Waals surface area (Å²) in [4.78, 5) is 26.8. The van der Waals surface area contributed by atoms with E-state index in [1.807, 2.05) is 30.0 Å². The maximum Gasteiger partial charge on any atom is 0.225 e. The van der Waals surface area contributed by atoms with Crippen LogP contribution in [0.1, 0.15) is 50.6 Å². The molecule has 1 aromatic rings. The van der Waals surface area contributed by atoms with Gasteiger partial charge < -0.3 is 19.7 Å². The van der Waals surface area contributed by atoms with Crippen molar-refractivity contribution < 1.29 is 19.1 Å². The van der Waals surface area contributed by atoms with Crippen molar-refractivity contribution in [2.45, 2.75) is 45.1 Å². The van der Waals surface area contributed by atoms with E-state index in [1.54, 1.807) is 0 Å². The summed E-state index contributed by atoms with van der Waals surface area (Å²) < 4.78 is 11.4. The number of hydrogen-bond acceptors (Lipinski definition) is 4. The lowest BCUT2D eigenvalue weighted by Crippen LogP contribution is -2.44. The van der Waals surface area contributed by atoms with E-state index < -0.39 is 0 Å². The molecule has 27 heavy (non-hydrogen) atoms. The molecule has 2 amide bonds. The molecule has 1 saturated carbocycles. The predicted molar refractivity (Wildman–Crippen MR) is 101 cm³/mol. The standard InChI is InChI=1S/C21H28N2O4/c1-14(17-5-6-18-19(13-17)27-12-2-11-26-18)22-20(24)15-7-9-23(10-8-15)21(25)16-3-4-16/h5-6,13-16H,2-4,7-12H2,1H3,(H,22,24). The van der Waals surface area contributed by atoms with Crippen LogP contribution in [-0.2, 0) is 9.59 Å². The van der Waals surface area contributed by atoms with Gasteiger partial charge in [0.2, 0.25) is 11.8 Å². The zero-order valence-corrected chi connectivity index (χ0v) is 15.9. The second kappa shape index (κ2) is 7.79. The molecule has 3 aliphatic rings. The Morgan fingerprint density at radius 3 is 2.44 bits per heavy atom. The van der Waals surface area contributed by atoms with Crippen molar-refractivity contribution in [3.05, 3.63) is 23.8 Å². The number of carbonyl (C=O) groups is 2. The van der Waals surface area contributed by atoms with Crippen LogP contribution in [0.3, 0.4) is 0 Å². The molecule has 1 aliphatic carbocycles. The Kier molecular flexibility index (Phi) is 5.23. The molecule has 2 heterocycles. The van der Waals surface area contributed by atoms with Crippen molar-refractivity contribution >= 4 is 11.8 Å². The highest BCUT2D eigenvalue weighted by molar-refractivity contribution is 5.82. The van der Waals surface area contributed by atoms with Crippen LogP contribution in [0.25, 0.3) is 0 Å². The zero-order chi connectivity index (χ0) is 18.8. The molecule has 0 aromatic heterocycles. The molecule has 6 heteroatoms. The van der Waals surface area contributed by atoms with Crippen LogP contribution >= 0.6 is 0 Å². The van der Waals surface area contributed by atoms with Gasteiger partial charge in [-0.15, -0.1) is 0 Å². The van der Waals surface area contributed by atoms with Gasteiger partial charge in [-0.3, -0.25) is 9.59 Å². The van der Waals surface area contributed by atoms with Crippen molar-refractivity contribution in [3.63, 3.8) is 0 Å². The summed E-state index contributed by atoms with van der Waals surface area (Å²) in [6, 6.07) is 5.76. The molecule has 0 radical (unpaired) electrons. The number of carbonyl (C=O) groups excluding carboxylic acids is 2. The molecule has 6 nitrogen and oxygen atoms in total. The van der Waals surface area contributed by atoms with Crippen molar-refractivity contribution in [2.24, 2.45) is 11.8 Å². The summed E-state index contributed by atoms with van der Waals surface area (Å²) in [5, 5.41) is 3.13. The van der Waals surface area contributed by atoms with E-state index in [0.717, 1.165) is 49.2 Å². The summed E-state index contributed by atoms with van der Waals surface area (Å²) in [6.45, 7) is 4.70. The van der Waals surface area contributed by atoms with Crippen molar-refractivity contribution in [1.82, 2.24) is 10.2 Å². The van der Waals surface area contributed by atoms with Crippen molar-refractivity contribution in [3.8, 4) is 11.5 Å². The zero-order valence-electron chi connectivity index (χ0n) is 15.9. The molecule has 1 atom stereocenters. The molecule has 0 bridgehead atoms. The van der Waals surface area contributed by atoms with Gasteiger partial charge in [-0.1, -0.05) is 6.07 Å². The van der Waals surface area contributed by atoms with E-state index in [9.17, 15) is 9.59 Å². The Hall–Kier alpha value is -2.24. The molecule has 0 spiro atoms. The number of fused-ring (bicyclic) bond motifs is 1. The van der Waals surface area contributed by atoms with Crippen LogP contribution in [0, 0.1) is 11.8 Å². The first-order chi connectivity index (χ1) is 13.1. The topological polar surface area (TPSA) is 67.9 Å². The average Bonchev–Trinajstić information content (AvgIpc) is 3.54. The van der Waals surface area contributed by atoms with Crippen LogP contribution in [0.5, 0.6) is 11.5 Å². The summed E-state index contributed by atoms with van der Waals surface area (Å²) in [7, 11) is 0. The van der Waals surface area contributed by atoms with Gasteiger partial charge in [-0.05, 0) is 50.3 Å². The summed E-state index contributed by atoms with van der Waals surface area (Å²) in [5.74, 6) is 2.12. The maximum absolute atomic E-state index is 12.7. The quantitative estimate of drug-likeness (QED) is 0.882. The predicted octanol–water partition coefficient (Wildman–Crippen LogP) is 2.67. The van der Waals surface area contributed by atoms with Gasteiger partial charge in [0.05, 0.1) is 19.3 Å². The lowest BCUT2D eigenvalue weighted by molar-refractivity contribution is -0.136. The van der Waals surface area contributed by atoms with E-state index in [-0.39, 0.29) is 29.7 Å². The lowest BCUT2D eigenvalue weighted by Gasteiger charge is -2.32. The molecular formula is C21H28N2O4. The van der Waals surface area contributed by atoms with Gasteiger partial charge in [0.15, 0.2) is 11.5 Å². The van der Waals surface area contributed by atoms with Gasteiger partial charge in [-0.2, -0.15) is 0 Å². The number of nitrogens with zero attached hydrogens (tertiary/aromatic N) is 1. The molecule has 146 valence electrons. The first kappa shape index (κ1) is 18.1. The van der Waals surface area contributed by atoms with Crippen molar-refractivity contribution in [2.75, 3.05) is 26.3 Å². The smallest absolute Gasteiger partial charge is 0.225 e. The molecule has 1 aromatic carbocycles. The van der Waals surface area contributed by atoms with E-state index in [2.05, 4.69) is 5.32 Å². The van der Waals surface area contributed by atoms with Crippen LogP contribution in [-0.4, -0.2) is 43.0 Å². The number of nitrogens with one attached hydrogen (secondary N) is 1. The Morgan fingerprint density at radius 1 is 1.04 bits per heavy atom. The molecule has 4 rings (SSSR count). The average molecular weight is 372 g/mol. The van der Waals surface area contributed by atoms with Crippen molar-refractivity contribution in [1.29, 1.82) is 0 Å². The second-order valence-electron chi connectivity index (χ2n) is 7.86. The largest absolute Gasteiger partial charge is 0.490 e. The normalized spacial score (nSPS) is 21.3. The lowest BCUT2D eigenvalue weighted by atomic mass is 9.95. The Balaban J connectivity index is 1.31. The molecule has 1 saturated heterocycles. The SMILES string of the molecule is CC(NC(=O)C1CCN(C(=O)C2CC2)CC1)c1ccc2c(c1)OCCCO2. The maximum atomic E-state index is 12.7. The Labute approximate surface area is 160 Å². The fraction of sp³-hybridized carbons (Fsp3) is 0.619. The number of hydrogen-bond donors (Lipinski definition) is 1. The van der Waals surface area contributed by atoms with Crippen LogP contribution in [0.4, 0.5) is 0 Å². The third-order valence-electron chi connectivity index (χ3n) is 5.73. The Bertz CT molecular complexity index is 708. The first-order valence-corrected chi connectivity index (χ1v) is 10.1. The summed E-state index contributed by atoms with van der Waals surface area (Å²) in [5.41, 5.74) is 1.01. The number of benzene rings is 1. The fourth-order valence-electron chi connectivity index (χ4n) is 3.81. The number of ether oxygens (including phenoxy) is 2. The minimum Gasteiger partial charge on any atom is -0.490 e. The molecule has 2 aliphatic heterocycles. The molecule has 2 fully saturated rings. The van der Waals surface area contributed by atoms with Gasteiger partial charge in [0, 0.05) is 31.3 Å². The van der Waals surface area contributed by atoms with E-state index in [1.165, 1.54) is 0 Å². The number of rotatable bonds is 4. The third kappa shape index (κ3) is 4.20. The number of amides is 2. The van der Waals surface area contributed by atoms with Gasteiger partial charge in [0.1, 0.15) is 0 Å². The molecule has 1 unspecified atom stereocenters. The molecular weight excluding hydrogens is 344 g/mol. The second-order valence-corrected chi connectivity index (χ2v) is 7.86. The van der Waals surface area contributed by atoms with E-state index >= 15 is 0 Å². The van der Waals surface area contributed by atoms with Crippen LogP contribution in [0.15, 0.2) is 18.2 Å². The third-order valence-corrected chi connectivity index (χ3v) is 5.73. The van der Waals surface area contributed by atoms with E-state index in [4.69, 9.17) is 9.47 Å². The highest BCUT2D eigenvalue weighted by atomic mass is 16.5. The summed E-state index contributed by atoms with van der Waals surface area (Å²) >= 11 is 0. The highest BCUT2D eigenvalue weighted by Gasteiger charge is 2.36. The number of piperidine rings is 1. The highest BCUT2D eigenvalue weighted by Crippen LogP contribution is 2.34. The van der Waals surface area contributed by atoms with E-state index in [0.29, 0.717) is 26.3 Å². The molecule has 1 N–H and O–H groups in total. The van der Waals surface area contributed by atoms with Gasteiger partial charge >= 0.3 is 0 Å². The van der Waals surface area contributed by atoms with Crippen LogP contribution < -0.4 is 14.8 Å². The van der Waals surface area contributed by atoms with Gasteiger partial charge in [0.25, 0.3) is 0 Å². The minimum absolute atomic E-state index is 0.0175. The number of likely N-dealkylation sites (tertiary alicyclic amines) is 1. The fourth-order valence-corrected chi connectivity index (χ4v) is 3.81. The van der Waals surface area contributed by atoms with Crippen LogP contribution in [0.2, 0.25) is 0 Å². The van der Waals surface area contributed by atoms with Gasteiger partial charge in [-0.25, -0.2) is 0 Å². The first-order valence-electron chi connectivity index (χ1n) is 10.1. The Morgan fingerprint density at radius 2 is 1.74 bits per heavy atom. The summed E-state index contributed by atoms with van der Waals surface area (Å²) in [6.07, 6.45) is 4.44. The monoisotopic (exact) mass is 372 g/mol.